The molecular formula is C18H20FN3O2. The molecule has 24 heavy (non-hydrogen) atoms. The highest BCUT2D eigenvalue weighted by molar-refractivity contribution is 5.97. The third-order valence-electron chi connectivity index (χ3n) is 4.02. The number of rotatable bonds is 4. The Bertz CT molecular complexity index is 709. The van der Waals surface area contributed by atoms with Gasteiger partial charge in [0.1, 0.15) is 12.4 Å². The van der Waals surface area contributed by atoms with Crippen molar-refractivity contribution >= 4 is 17.3 Å². The minimum Gasteiger partial charge on any atom is -0.373 e. The number of halogens is 1. The van der Waals surface area contributed by atoms with Gasteiger partial charge in [0.05, 0.1) is 23.7 Å². The van der Waals surface area contributed by atoms with E-state index in [1.165, 1.54) is 12.1 Å². The second kappa shape index (κ2) is 7.40. The predicted octanol–water partition coefficient (Wildman–Crippen LogP) is 2.61. The summed E-state index contributed by atoms with van der Waals surface area (Å²) in [7, 11) is 1.95. The average Bonchev–Trinajstić information content (AvgIpc) is 2.74. The third-order valence-corrected chi connectivity index (χ3v) is 4.02. The highest BCUT2D eigenvalue weighted by Crippen LogP contribution is 2.32. The molecule has 1 aliphatic rings. The number of fused-ring (bicyclic) bond motifs is 1. The number of nitrogens with zero attached hydrogens (tertiary/aromatic N) is 3. The van der Waals surface area contributed by atoms with Gasteiger partial charge in [-0.15, -0.1) is 0 Å². The molecule has 0 radical (unpaired) electrons. The minimum atomic E-state index is -0.351. The number of aromatic nitrogens is 1. The molecule has 0 N–H and O–H groups in total. The summed E-state index contributed by atoms with van der Waals surface area (Å²) in [5.41, 5.74) is 2.22. The smallest absolute Gasteiger partial charge is 0.253 e. The highest BCUT2D eigenvalue weighted by atomic mass is 19.1. The largest absolute Gasteiger partial charge is 0.373 e. The first-order chi connectivity index (χ1) is 11.6. The van der Waals surface area contributed by atoms with Crippen LogP contribution in [0.25, 0.3) is 0 Å². The van der Waals surface area contributed by atoms with Crippen molar-refractivity contribution in [3.8, 4) is 0 Å². The molecule has 0 atom stereocenters. The zero-order valence-electron chi connectivity index (χ0n) is 13.6. The van der Waals surface area contributed by atoms with E-state index in [0.29, 0.717) is 12.2 Å². The van der Waals surface area contributed by atoms with Gasteiger partial charge in [0.25, 0.3) is 5.91 Å². The van der Waals surface area contributed by atoms with E-state index in [9.17, 15) is 9.18 Å². The summed E-state index contributed by atoms with van der Waals surface area (Å²) in [6, 6.07) is 10.1. The molecule has 1 amide bonds. The molecule has 1 aliphatic heterocycles. The summed E-state index contributed by atoms with van der Waals surface area (Å²) in [5.74, 6) is -0.524. The van der Waals surface area contributed by atoms with Crippen LogP contribution < -0.4 is 9.80 Å². The van der Waals surface area contributed by atoms with Gasteiger partial charge in [0.15, 0.2) is 0 Å². The van der Waals surface area contributed by atoms with E-state index in [0.717, 1.165) is 24.3 Å². The number of carbonyl (C=O) groups excluding carboxylic acids is 1. The lowest BCUT2D eigenvalue weighted by Crippen LogP contribution is -2.34. The van der Waals surface area contributed by atoms with E-state index >= 15 is 0 Å². The molecule has 0 bridgehead atoms. The molecule has 0 spiro atoms. The van der Waals surface area contributed by atoms with E-state index in [1.54, 1.807) is 17.2 Å². The van der Waals surface area contributed by atoms with E-state index in [-0.39, 0.29) is 24.9 Å². The van der Waals surface area contributed by atoms with Crippen LogP contribution in [0.15, 0.2) is 42.6 Å². The van der Waals surface area contributed by atoms with E-state index in [1.807, 2.05) is 30.1 Å². The molecule has 5 nitrogen and oxygen atoms in total. The lowest BCUT2D eigenvalue weighted by molar-refractivity contribution is -0.123. The molecule has 0 aliphatic carbocycles. The summed E-state index contributed by atoms with van der Waals surface area (Å²) in [5, 5.41) is 0. The summed E-state index contributed by atoms with van der Waals surface area (Å²) in [6.07, 6.45) is 2.50. The Labute approximate surface area is 140 Å². The number of hydrogen-bond donors (Lipinski definition) is 0. The number of pyridine rings is 1. The molecule has 0 saturated carbocycles. The van der Waals surface area contributed by atoms with Crippen LogP contribution in [0.3, 0.4) is 0 Å². The van der Waals surface area contributed by atoms with Crippen LogP contribution in [0.1, 0.15) is 12.1 Å². The fourth-order valence-corrected chi connectivity index (χ4v) is 2.81. The van der Waals surface area contributed by atoms with Crippen LogP contribution in [0, 0.1) is 5.82 Å². The van der Waals surface area contributed by atoms with Gasteiger partial charge in [0, 0.05) is 26.3 Å². The molecule has 1 aromatic heterocycles. The quantitative estimate of drug-likeness (QED) is 0.865. The Hall–Kier alpha value is -2.47. The Morgan fingerprint density at radius 2 is 2.12 bits per heavy atom. The van der Waals surface area contributed by atoms with Gasteiger partial charge in [-0.1, -0.05) is 6.07 Å². The van der Waals surface area contributed by atoms with Gasteiger partial charge in [-0.3, -0.25) is 9.78 Å². The first-order valence-corrected chi connectivity index (χ1v) is 7.94. The molecule has 0 unspecified atom stereocenters. The Morgan fingerprint density at radius 3 is 2.92 bits per heavy atom. The normalized spacial score (nSPS) is 14.2. The van der Waals surface area contributed by atoms with Crippen LogP contribution in [0.4, 0.5) is 15.8 Å². The standard InChI is InChI=1S/C18H20FN3O2/c1-21-9-4-10-22(17-11-14(19)6-7-16(17)21)18(23)13-24-12-15-5-2-3-8-20-15/h2-3,5-8,11H,4,9-10,12-13H2,1H3. The van der Waals surface area contributed by atoms with Crippen LogP contribution in [-0.2, 0) is 16.1 Å². The maximum Gasteiger partial charge on any atom is 0.253 e. The molecule has 2 heterocycles. The van der Waals surface area contributed by atoms with Crippen LogP contribution in [-0.4, -0.2) is 37.6 Å². The monoisotopic (exact) mass is 329 g/mol. The van der Waals surface area contributed by atoms with Crippen molar-refractivity contribution in [1.82, 2.24) is 4.98 Å². The Morgan fingerprint density at radius 1 is 1.25 bits per heavy atom. The van der Waals surface area contributed by atoms with E-state index in [2.05, 4.69) is 4.98 Å². The zero-order chi connectivity index (χ0) is 16.9. The van der Waals surface area contributed by atoms with E-state index in [4.69, 9.17) is 4.74 Å². The van der Waals surface area contributed by atoms with Crippen molar-refractivity contribution in [2.75, 3.05) is 36.5 Å². The van der Waals surface area contributed by atoms with Crippen LogP contribution in [0.2, 0.25) is 0 Å². The zero-order valence-corrected chi connectivity index (χ0v) is 13.6. The number of ether oxygens (including phenoxy) is 1. The summed E-state index contributed by atoms with van der Waals surface area (Å²) < 4.78 is 19.2. The second-order valence-electron chi connectivity index (χ2n) is 5.77. The predicted molar refractivity (Wildman–Crippen MR) is 90.5 cm³/mol. The SMILES string of the molecule is CN1CCCN(C(=O)COCc2ccccn2)c2cc(F)ccc21. The molecular weight excluding hydrogens is 309 g/mol. The average molecular weight is 329 g/mol. The number of amides is 1. The third kappa shape index (κ3) is 3.71. The number of benzene rings is 1. The number of anilines is 2. The lowest BCUT2D eigenvalue weighted by Gasteiger charge is -2.24. The molecule has 126 valence electrons. The minimum absolute atomic E-state index is 0.0593. The topological polar surface area (TPSA) is 45.7 Å². The fraction of sp³-hybridized carbons (Fsp3) is 0.333. The Balaban J connectivity index is 1.70. The first kappa shape index (κ1) is 16.4. The van der Waals surface area contributed by atoms with Gasteiger partial charge in [0.2, 0.25) is 0 Å². The molecule has 2 aromatic rings. The summed E-state index contributed by atoms with van der Waals surface area (Å²) in [6.45, 7) is 1.58. The lowest BCUT2D eigenvalue weighted by atomic mass is 10.2. The van der Waals surface area contributed by atoms with Gasteiger partial charge in [-0.2, -0.15) is 0 Å². The van der Waals surface area contributed by atoms with Crippen molar-refractivity contribution in [1.29, 1.82) is 0 Å². The molecule has 0 saturated heterocycles. The van der Waals surface area contributed by atoms with Gasteiger partial charge in [-0.25, -0.2) is 4.39 Å². The van der Waals surface area contributed by atoms with Crippen molar-refractivity contribution in [3.63, 3.8) is 0 Å². The molecule has 3 rings (SSSR count). The fourth-order valence-electron chi connectivity index (χ4n) is 2.81. The van der Waals surface area contributed by atoms with Crippen molar-refractivity contribution < 1.29 is 13.9 Å². The number of hydrogen-bond acceptors (Lipinski definition) is 4. The molecule has 6 heteroatoms. The summed E-state index contributed by atoms with van der Waals surface area (Å²) >= 11 is 0. The van der Waals surface area contributed by atoms with Gasteiger partial charge in [-0.05, 0) is 36.8 Å². The highest BCUT2D eigenvalue weighted by Gasteiger charge is 2.24. The van der Waals surface area contributed by atoms with Crippen molar-refractivity contribution in [3.05, 3.63) is 54.1 Å². The molecule has 1 aromatic carbocycles. The number of carbonyl (C=O) groups is 1. The first-order valence-electron chi connectivity index (χ1n) is 7.94. The van der Waals surface area contributed by atoms with Crippen molar-refractivity contribution in [2.45, 2.75) is 13.0 Å². The van der Waals surface area contributed by atoms with E-state index < -0.39 is 0 Å². The maximum absolute atomic E-state index is 13.7. The van der Waals surface area contributed by atoms with Crippen LogP contribution in [0.5, 0.6) is 0 Å². The Kier molecular flexibility index (Phi) is 5.05. The van der Waals surface area contributed by atoms with Gasteiger partial charge < -0.3 is 14.5 Å². The molecule has 0 fully saturated rings. The van der Waals surface area contributed by atoms with Gasteiger partial charge >= 0.3 is 0 Å². The van der Waals surface area contributed by atoms with Crippen LogP contribution >= 0.6 is 0 Å². The maximum atomic E-state index is 13.7. The van der Waals surface area contributed by atoms with Crippen molar-refractivity contribution in [2.24, 2.45) is 0 Å². The summed E-state index contributed by atoms with van der Waals surface area (Å²) in [4.78, 5) is 20.4. The second-order valence-corrected chi connectivity index (χ2v) is 5.77.